The molecule has 17 heavy (non-hydrogen) atoms. The van der Waals surface area contributed by atoms with Gasteiger partial charge in [-0.25, -0.2) is 0 Å². The van der Waals surface area contributed by atoms with Gasteiger partial charge in [0.1, 0.15) is 6.04 Å². The van der Waals surface area contributed by atoms with Gasteiger partial charge in [0, 0.05) is 13.6 Å². The maximum Gasteiger partial charge on any atom is 0.313 e. The van der Waals surface area contributed by atoms with Crippen molar-refractivity contribution in [1.82, 2.24) is 10.2 Å². The van der Waals surface area contributed by atoms with Crippen LogP contribution in [0.3, 0.4) is 0 Å². The molecule has 2 amide bonds. The Labute approximate surface area is 105 Å². The second-order valence-corrected chi connectivity index (χ2v) is 4.51. The van der Waals surface area contributed by atoms with Crippen LogP contribution in [0, 0.1) is 0 Å². The van der Waals surface area contributed by atoms with Crippen LogP contribution < -0.4 is 5.32 Å². The molecule has 0 heterocycles. The molecule has 0 bridgehead atoms. The Morgan fingerprint density at radius 2 is 1.94 bits per heavy atom. The van der Waals surface area contributed by atoms with E-state index in [9.17, 15) is 14.4 Å². The minimum Gasteiger partial charge on any atom is -0.481 e. The lowest BCUT2D eigenvalue weighted by atomic mass is 10.3. The summed E-state index contributed by atoms with van der Waals surface area (Å²) < 4.78 is 0. The van der Waals surface area contributed by atoms with E-state index >= 15 is 0 Å². The second kappa shape index (κ2) is 7.94. The summed E-state index contributed by atoms with van der Waals surface area (Å²) >= 11 is 1.00. The lowest BCUT2D eigenvalue weighted by Crippen LogP contribution is -2.46. The third-order valence-corrected chi connectivity index (χ3v) is 2.97. The van der Waals surface area contributed by atoms with Gasteiger partial charge in [-0.05, 0) is 13.8 Å². The van der Waals surface area contributed by atoms with Crippen LogP contribution in [-0.2, 0) is 14.4 Å². The van der Waals surface area contributed by atoms with Gasteiger partial charge in [-0.3, -0.25) is 14.4 Å². The van der Waals surface area contributed by atoms with Crippen molar-refractivity contribution in [3.05, 3.63) is 0 Å². The summed E-state index contributed by atoms with van der Waals surface area (Å²) in [7, 11) is 1.66. The zero-order valence-electron chi connectivity index (χ0n) is 10.2. The molecule has 0 spiro atoms. The first-order chi connectivity index (χ1) is 7.88. The Hall–Kier alpha value is -1.24. The summed E-state index contributed by atoms with van der Waals surface area (Å²) in [6.07, 6.45) is 0. The first-order valence-electron chi connectivity index (χ1n) is 5.22. The van der Waals surface area contributed by atoms with Gasteiger partial charge in [-0.1, -0.05) is 0 Å². The van der Waals surface area contributed by atoms with E-state index in [4.69, 9.17) is 5.11 Å². The number of thioether (sulfide) groups is 1. The third-order valence-electron chi connectivity index (χ3n) is 2.06. The molecule has 0 fully saturated rings. The first kappa shape index (κ1) is 15.8. The van der Waals surface area contributed by atoms with E-state index in [2.05, 4.69) is 5.32 Å². The number of aliphatic carboxylic acids is 1. The van der Waals surface area contributed by atoms with Crippen LogP contribution in [-0.4, -0.2) is 58.9 Å². The van der Waals surface area contributed by atoms with Crippen LogP contribution in [0.1, 0.15) is 13.8 Å². The van der Waals surface area contributed by atoms with Gasteiger partial charge in [0.15, 0.2) is 0 Å². The molecule has 0 saturated carbocycles. The smallest absolute Gasteiger partial charge is 0.313 e. The lowest BCUT2D eigenvalue weighted by molar-refractivity contribution is -0.134. The number of carbonyl (C=O) groups excluding carboxylic acids is 2. The number of amides is 2. The van der Waals surface area contributed by atoms with Crippen LogP contribution in [0.4, 0.5) is 0 Å². The molecule has 0 radical (unpaired) electrons. The fraction of sp³-hybridized carbons (Fsp3) is 0.700. The molecular weight excluding hydrogens is 244 g/mol. The molecule has 7 heteroatoms. The number of carboxylic acid groups (broad SMARTS) is 1. The lowest BCUT2D eigenvalue weighted by Gasteiger charge is -2.20. The summed E-state index contributed by atoms with van der Waals surface area (Å²) in [6, 6.07) is -0.585. The zero-order chi connectivity index (χ0) is 13.4. The summed E-state index contributed by atoms with van der Waals surface area (Å²) in [5.41, 5.74) is 0. The third kappa shape index (κ3) is 6.83. The SMILES string of the molecule is CCN(C)C(=O)C(C)NC(=O)CSCC(=O)O. The highest BCUT2D eigenvalue weighted by molar-refractivity contribution is 8.00. The van der Waals surface area contributed by atoms with E-state index in [1.54, 1.807) is 14.0 Å². The average Bonchev–Trinajstić information content (AvgIpc) is 2.26. The molecule has 0 aliphatic rings. The standard InChI is InChI=1S/C10H18N2O4S/c1-4-12(3)10(16)7(2)11-8(13)5-17-6-9(14)15/h7H,4-6H2,1-3H3,(H,11,13)(H,14,15). The van der Waals surface area contributed by atoms with Crippen LogP contribution in [0.25, 0.3) is 0 Å². The predicted octanol–water partition coefficient (Wildman–Crippen LogP) is -0.213. The normalized spacial score (nSPS) is 11.7. The van der Waals surface area contributed by atoms with E-state index in [1.165, 1.54) is 4.90 Å². The molecule has 0 saturated heterocycles. The Kier molecular flexibility index (Phi) is 7.36. The van der Waals surface area contributed by atoms with Crippen LogP contribution in [0.5, 0.6) is 0 Å². The van der Waals surface area contributed by atoms with Crippen LogP contribution >= 0.6 is 11.8 Å². The minimum atomic E-state index is -0.961. The molecule has 0 aliphatic carbocycles. The topological polar surface area (TPSA) is 86.7 Å². The first-order valence-corrected chi connectivity index (χ1v) is 6.37. The molecule has 0 rings (SSSR count). The quantitative estimate of drug-likeness (QED) is 0.663. The summed E-state index contributed by atoms with van der Waals surface area (Å²) in [4.78, 5) is 34.7. The van der Waals surface area contributed by atoms with Crippen molar-refractivity contribution in [2.75, 3.05) is 25.1 Å². The Morgan fingerprint density at radius 1 is 1.35 bits per heavy atom. The highest BCUT2D eigenvalue weighted by atomic mass is 32.2. The molecule has 0 aromatic rings. The van der Waals surface area contributed by atoms with Crippen molar-refractivity contribution in [2.24, 2.45) is 0 Å². The van der Waals surface area contributed by atoms with Crippen molar-refractivity contribution in [2.45, 2.75) is 19.9 Å². The van der Waals surface area contributed by atoms with Crippen molar-refractivity contribution < 1.29 is 19.5 Å². The van der Waals surface area contributed by atoms with Crippen LogP contribution in [0.2, 0.25) is 0 Å². The Balaban J connectivity index is 3.95. The average molecular weight is 262 g/mol. The number of rotatable bonds is 7. The van der Waals surface area contributed by atoms with Crippen molar-refractivity contribution in [3.8, 4) is 0 Å². The molecule has 98 valence electrons. The molecule has 1 atom stereocenters. The van der Waals surface area contributed by atoms with Gasteiger partial charge >= 0.3 is 5.97 Å². The summed E-state index contributed by atoms with van der Waals surface area (Å²) in [6.45, 7) is 4.02. The number of carbonyl (C=O) groups is 3. The largest absolute Gasteiger partial charge is 0.481 e. The molecule has 6 nitrogen and oxygen atoms in total. The molecule has 2 N–H and O–H groups in total. The molecule has 1 unspecified atom stereocenters. The monoisotopic (exact) mass is 262 g/mol. The van der Waals surface area contributed by atoms with Crippen molar-refractivity contribution in [3.63, 3.8) is 0 Å². The number of hydrogen-bond donors (Lipinski definition) is 2. The van der Waals surface area contributed by atoms with Gasteiger partial charge in [-0.15, -0.1) is 11.8 Å². The number of nitrogens with one attached hydrogen (secondary N) is 1. The van der Waals surface area contributed by atoms with E-state index in [-0.39, 0.29) is 23.3 Å². The van der Waals surface area contributed by atoms with E-state index in [0.29, 0.717) is 6.54 Å². The second-order valence-electron chi connectivity index (χ2n) is 3.53. The van der Waals surface area contributed by atoms with Crippen LogP contribution in [0.15, 0.2) is 0 Å². The maximum absolute atomic E-state index is 11.6. The van der Waals surface area contributed by atoms with Gasteiger partial charge in [0.05, 0.1) is 11.5 Å². The van der Waals surface area contributed by atoms with Gasteiger partial charge in [0.25, 0.3) is 0 Å². The minimum absolute atomic E-state index is 0.0414. The predicted molar refractivity (Wildman–Crippen MR) is 65.9 cm³/mol. The summed E-state index contributed by atoms with van der Waals surface area (Å²) in [5.74, 6) is -1.53. The Morgan fingerprint density at radius 3 is 2.41 bits per heavy atom. The van der Waals surface area contributed by atoms with Crippen molar-refractivity contribution in [1.29, 1.82) is 0 Å². The van der Waals surface area contributed by atoms with Crippen molar-refractivity contribution >= 4 is 29.5 Å². The fourth-order valence-electron chi connectivity index (χ4n) is 1.06. The van der Waals surface area contributed by atoms with Gasteiger partial charge in [0.2, 0.25) is 11.8 Å². The maximum atomic E-state index is 11.6. The Bertz CT molecular complexity index is 296. The molecular formula is C10H18N2O4S. The number of likely N-dealkylation sites (N-methyl/N-ethyl adjacent to an activating group) is 1. The molecule has 0 aliphatic heterocycles. The fourth-order valence-corrected chi connectivity index (χ4v) is 1.61. The number of hydrogen-bond acceptors (Lipinski definition) is 4. The van der Waals surface area contributed by atoms with E-state index in [0.717, 1.165) is 11.8 Å². The van der Waals surface area contributed by atoms with Gasteiger partial charge in [-0.2, -0.15) is 0 Å². The van der Waals surface area contributed by atoms with Gasteiger partial charge < -0.3 is 15.3 Å². The highest BCUT2D eigenvalue weighted by Crippen LogP contribution is 1.99. The zero-order valence-corrected chi connectivity index (χ0v) is 11.0. The molecule has 0 aromatic carbocycles. The highest BCUT2D eigenvalue weighted by Gasteiger charge is 2.18. The van der Waals surface area contributed by atoms with E-state index < -0.39 is 12.0 Å². The number of nitrogens with zero attached hydrogens (tertiary/aromatic N) is 1. The van der Waals surface area contributed by atoms with E-state index in [1.807, 2.05) is 6.92 Å². The summed E-state index contributed by atoms with van der Waals surface area (Å²) in [5, 5.41) is 10.9. The molecule has 0 aromatic heterocycles. The number of carboxylic acids is 1.